The molecule has 0 aliphatic carbocycles. The van der Waals surface area contributed by atoms with Gasteiger partial charge in [-0.15, -0.1) is 0 Å². The van der Waals surface area contributed by atoms with Gasteiger partial charge >= 0.3 is 0 Å². The Morgan fingerprint density at radius 2 is 1.58 bits per heavy atom. The molecule has 1 nitrogen and oxygen atoms in total. The predicted molar refractivity (Wildman–Crippen MR) is 53.1 cm³/mol. The van der Waals surface area contributed by atoms with E-state index in [1.165, 1.54) is 0 Å². The maximum atomic E-state index is 11.3. The molecule has 1 unspecified atom stereocenters. The number of Topliss-reactive ketones (excluding diaryl/α,β-unsaturated/α-hetero) is 1. The van der Waals surface area contributed by atoms with Crippen molar-refractivity contribution in [3.63, 3.8) is 0 Å². The van der Waals surface area contributed by atoms with Crippen molar-refractivity contribution in [1.82, 2.24) is 0 Å². The zero-order valence-corrected chi connectivity index (χ0v) is 9.05. The molecule has 1 heteroatoms. The monoisotopic (exact) mass is 170 g/mol. The van der Waals surface area contributed by atoms with Gasteiger partial charge in [0.15, 0.2) is 0 Å². The first-order valence-electron chi connectivity index (χ1n) is 4.97. The van der Waals surface area contributed by atoms with Crippen LogP contribution in [-0.4, -0.2) is 5.78 Å². The second kappa shape index (κ2) is 5.34. The summed E-state index contributed by atoms with van der Waals surface area (Å²) in [6.07, 6.45) is 1.81. The van der Waals surface area contributed by atoms with E-state index in [1.54, 1.807) is 0 Å². The molecule has 0 fully saturated rings. The fraction of sp³-hybridized carbons (Fsp3) is 0.909. The molecule has 0 radical (unpaired) electrons. The summed E-state index contributed by atoms with van der Waals surface area (Å²) in [5.41, 5.74) is 0. The van der Waals surface area contributed by atoms with Crippen LogP contribution in [0.2, 0.25) is 0 Å². The van der Waals surface area contributed by atoms with E-state index in [4.69, 9.17) is 0 Å². The van der Waals surface area contributed by atoms with Crippen molar-refractivity contribution in [2.45, 2.75) is 47.5 Å². The van der Waals surface area contributed by atoms with Crippen molar-refractivity contribution in [2.75, 3.05) is 0 Å². The molecular weight excluding hydrogens is 148 g/mol. The Bertz CT molecular complexity index is 136. The highest BCUT2D eigenvalue weighted by atomic mass is 16.1. The summed E-state index contributed by atoms with van der Waals surface area (Å²) in [6.45, 7) is 10.6. The van der Waals surface area contributed by atoms with Gasteiger partial charge in [0.1, 0.15) is 5.78 Å². The van der Waals surface area contributed by atoms with Crippen LogP contribution in [0.15, 0.2) is 0 Å². The predicted octanol–water partition coefficient (Wildman–Crippen LogP) is 3.28. The molecular formula is C11H22O. The van der Waals surface area contributed by atoms with Crippen LogP contribution in [0.3, 0.4) is 0 Å². The summed E-state index contributed by atoms with van der Waals surface area (Å²) < 4.78 is 0. The molecule has 0 heterocycles. The van der Waals surface area contributed by atoms with Crippen molar-refractivity contribution in [3.05, 3.63) is 0 Å². The number of carbonyl (C=O) groups is 1. The molecule has 1 atom stereocenters. The van der Waals surface area contributed by atoms with Crippen LogP contribution in [0.25, 0.3) is 0 Å². The molecule has 0 bridgehead atoms. The molecule has 72 valence electrons. The minimum Gasteiger partial charge on any atom is -0.299 e. The van der Waals surface area contributed by atoms with E-state index in [0.717, 1.165) is 12.8 Å². The zero-order chi connectivity index (χ0) is 9.72. The lowest BCUT2D eigenvalue weighted by Crippen LogP contribution is -2.11. The van der Waals surface area contributed by atoms with E-state index in [0.29, 0.717) is 17.6 Å². The van der Waals surface area contributed by atoms with Gasteiger partial charge in [0.2, 0.25) is 0 Å². The first kappa shape index (κ1) is 11.7. The van der Waals surface area contributed by atoms with Crippen molar-refractivity contribution >= 4 is 5.78 Å². The summed E-state index contributed by atoms with van der Waals surface area (Å²) in [5, 5.41) is 0. The van der Waals surface area contributed by atoms with Gasteiger partial charge in [0, 0.05) is 12.3 Å². The minimum absolute atomic E-state index is 0.212. The lowest BCUT2D eigenvalue weighted by atomic mass is 9.91. The summed E-state index contributed by atoms with van der Waals surface area (Å²) >= 11 is 0. The van der Waals surface area contributed by atoms with Gasteiger partial charge in [-0.1, -0.05) is 34.6 Å². The van der Waals surface area contributed by atoms with Gasteiger partial charge in [-0.2, -0.15) is 0 Å². The molecule has 0 saturated carbocycles. The first-order chi connectivity index (χ1) is 5.45. The third-order valence-electron chi connectivity index (χ3n) is 2.63. The van der Waals surface area contributed by atoms with E-state index in [2.05, 4.69) is 20.8 Å². The number of hydrogen-bond acceptors (Lipinski definition) is 1. The second-order valence-electron chi connectivity index (χ2n) is 4.38. The Balaban J connectivity index is 3.61. The third-order valence-corrected chi connectivity index (χ3v) is 2.63. The van der Waals surface area contributed by atoms with Gasteiger partial charge in [0.05, 0.1) is 0 Å². The summed E-state index contributed by atoms with van der Waals surface area (Å²) in [7, 11) is 0. The average molecular weight is 170 g/mol. The summed E-state index contributed by atoms with van der Waals surface area (Å²) in [5.74, 6) is 1.99. The Morgan fingerprint density at radius 3 is 1.92 bits per heavy atom. The molecule has 0 aromatic carbocycles. The number of hydrogen-bond donors (Lipinski definition) is 0. The van der Waals surface area contributed by atoms with E-state index < -0.39 is 0 Å². The van der Waals surface area contributed by atoms with Gasteiger partial charge in [-0.05, 0) is 18.3 Å². The van der Waals surface area contributed by atoms with Gasteiger partial charge in [-0.25, -0.2) is 0 Å². The van der Waals surface area contributed by atoms with Crippen molar-refractivity contribution in [2.24, 2.45) is 17.8 Å². The van der Waals surface area contributed by atoms with E-state index in [1.807, 2.05) is 13.8 Å². The Hall–Kier alpha value is -0.330. The van der Waals surface area contributed by atoms with Gasteiger partial charge in [-0.3, -0.25) is 4.79 Å². The molecule has 0 N–H and O–H groups in total. The number of rotatable bonds is 5. The lowest BCUT2D eigenvalue weighted by Gasteiger charge is -2.14. The van der Waals surface area contributed by atoms with Crippen LogP contribution in [0.1, 0.15) is 47.5 Å². The van der Waals surface area contributed by atoms with Crippen molar-refractivity contribution in [3.8, 4) is 0 Å². The van der Waals surface area contributed by atoms with Gasteiger partial charge in [0.25, 0.3) is 0 Å². The topological polar surface area (TPSA) is 17.1 Å². The van der Waals surface area contributed by atoms with Crippen LogP contribution in [0, 0.1) is 17.8 Å². The Morgan fingerprint density at radius 1 is 1.08 bits per heavy atom. The second-order valence-corrected chi connectivity index (χ2v) is 4.38. The Kier molecular flexibility index (Phi) is 5.19. The van der Waals surface area contributed by atoms with Crippen LogP contribution in [-0.2, 0) is 4.79 Å². The molecule has 0 amide bonds. The largest absolute Gasteiger partial charge is 0.299 e. The number of carbonyl (C=O) groups excluding carboxylic acids is 1. The summed E-state index contributed by atoms with van der Waals surface area (Å²) in [4.78, 5) is 11.3. The maximum Gasteiger partial charge on any atom is 0.135 e. The highest BCUT2D eigenvalue weighted by Gasteiger charge is 2.11. The molecule has 0 rings (SSSR count). The fourth-order valence-electron chi connectivity index (χ4n) is 0.992. The van der Waals surface area contributed by atoms with Crippen LogP contribution in [0.4, 0.5) is 0 Å². The minimum atomic E-state index is 0.212. The molecule has 12 heavy (non-hydrogen) atoms. The standard InChI is InChI=1S/C11H22O/c1-8(2)10(5)6-7-11(12)9(3)4/h8-10H,6-7H2,1-5H3. The summed E-state index contributed by atoms with van der Waals surface area (Å²) in [6, 6.07) is 0. The molecule has 0 aliphatic rings. The van der Waals surface area contributed by atoms with Gasteiger partial charge < -0.3 is 0 Å². The zero-order valence-electron chi connectivity index (χ0n) is 9.05. The normalized spacial score (nSPS) is 13.9. The third kappa shape index (κ3) is 4.53. The van der Waals surface area contributed by atoms with E-state index in [9.17, 15) is 4.79 Å². The van der Waals surface area contributed by atoms with E-state index >= 15 is 0 Å². The fourth-order valence-corrected chi connectivity index (χ4v) is 0.992. The SMILES string of the molecule is CC(C)C(=O)CCC(C)C(C)C. The van der Waals surface area contributed by atoms with Crippen molar-refractivity contribution < 1.29 is 4.79 Å². The van der Waals surface area contributed by atoms with E-state index in [-0.39, 0.29) is 5.92 Å². The van der Waals surface area contributed by atoms with Crippen LogP contribution in [0.5, 0.6) is 0 Å². The number of ketones is 1. The lowest BCUT2D eigenvalue weighted by molar-refractivity contribution is -0.122. The van der Waals surface area contributed by atoms with Crippen molar-refractivity contribution in [1.29, 1.82) is 0 Å². The molecule has 0 aromatic heterocycles. The first-order valence-corrected chi connectivity index (χ1v) is 4.97. The molecule has 0 saturated heterocycles. The highest BCUT2D eigenvalue weighted by molar-refractivity contribution is 5.80. The van der Waals surface area contributed by atoms with Crippen LogP contribution < -0.4 is 0 Å². The van der Waals surface area contributed by atoms with Crippen LogP contribution >= 0.6 is 0 Å². The molecule has 0 aromatic rings. The maximum absolute atomic E-state index is 11.3. The molecule has 0 spiro atoms. The highest BCUT2D eigenvalue weighted by Crippen LogP contribution is 2.17. The quantitative estimate of drug-likeness (QED) is 0.619. The smallest absolute Gasteiger partial charge is 0.135 e. The average Bonchev–Trinajstić information content (AvgIpc) is 1.98. The molecule has 0 aliphatic heterocycles. The Labute approximate surface area is 76.6 Å².